The Morgan fingerprint density at radius 1 is 1.17 bits per heavy atom. The molecule has 1 N–H and O–H groups in total. The molecule has 0 saturated carbocycles. The topological polar surface area (TPSA) is 71.1 Å². The summed E-state index contributed by atoms with van der Waals surface area (Å²) < 4.78 is 10.7. The quantitative estimate of drug-likeness (QED) is 0.758. The second-order valence-corrected chi connectivity index (χ2v) is 8.00. The monoisotopic (exact) mass is 409 g/mol. The van der Waals surface area contributed by atoms with Gasteiger partial charge in [0, 0.05) is 37.3 Å². The number of hydrogen-bond acceptors (Lipinski definition) is 5. The standard InChI is InChI=1S/C23H27N3O4/c1-25(2)19(10-16-6-4-3-5-7-16)13-24-23(28)17-11-22(27)26(14-17)18-8-9-20-21(12-18)30-15-29-20/h3-9,12,17,19H,10-11,13-15H2,1-2H3,(H,24,28)/t17-,19+/m0/s1. The van der Waals surface area contributed by atoms with E-state index < -0.39 is 0 Å². The zero-order chi connectivity index (χ0) is 21.1. The zero-order valence-electron chi connectivity index (χ0n) is 17.3. The molecular weight excluding hydrogens is 382 g/mol. The molecule has 7 heteroatoms. The summed E-state index contributed by atoms with van der Waals surface area (Å²) in [6, 6.07) is 15.8. The lowest BCUT2D eigenvalue weighted by molar-refractivity contribution is -0.126. The predicted octanol–water partition coefficient (Wildman–Crippen LogP) is 2.06. The lowest BCUT2D eigenvalue weighted by Gasteiger charge is -2.25. The van der Waals surface area contributed by atoms with Gasteiger partial charge in [-0.3, -0.25) is 9.59 Å². The van der Waals surface area contributed by atoms with Gasteiger partial charge in [0.05, 0.1) is 5.92 Å². The minimum Gasteiger partial charge on any atom is -0.454 e. The average Bonchev–Trinajstić information content (AvgIpc) is 3.37. The Hall–Kier alpha value is -3.06. The Balaban J connectivity index is 1.35. The minimum atomic E-state index is -0.359. The smallest absolute Gasteiger partial charge is 0.231 e. The fraction of sp³-hybridized carbons (Fsp3) is 0.391. The number of rotatable bonds is 7. The molecule has 0 unspecified atom stereocenters. The summed E-state index contributed by atoms with van der Waals surface area (Å²) >= 11 is 0. The summed E-state index contributed by atoms with van der Waals surface area (Å²) in [5, 5.41) is 3.06. The maximum atomic E-state index is 12.8. The Labute approximate surface area is 176 Å². The van der Waals surface area contributed by atoms with Gasteiger partial charge in [-0.25, -0.2) is 0 Å². The van der Waals surface area contributed by atoms with Gasteiger partial charge in [-0.05, 0) is 38.2 Å². The van der Waals surface area contributed by atoms with Crippen LogP contribution in [0, 0.1) is 5.92 Å². The van der Waals surface area contributed by atoms with E-state index >= 15 is 0 Å². The maximum Gasteiger partial charge on any atom is 0.231 e. The van der Waals surface area contributed by atoms with Crippen molar-refractivity contribution in [2.45, 2.75) is 18.9 Å². The molecule has 2 aromatic rings. The van der Waals surface area contributed by atoms with Crippen LogP contribution in [0.1, 0.15) is 12.0 Å². The van der Waals surface area contributed by atoms with Gasteiger partial charge in [-0.2, -0.15) is 0 Å². The van der Waals surface area contributed by atoms with Gasteiger partial charge in [0.1, 0.15) is 0 Å². The number of ether oxygens (including phenoxy) is 2. The van der Waals surface area contributed by atoms with Crippen LogP contribution in [-0.4, -0.2) is 56.7 Å². The Morgan fingerprint density at radius 2 is 1.93 bits per heavy atom. The van der Waals surface area contributed by atoms with Crippen LogP contribution in [0.5, 0.6) is 11.5 Å². The Morgan fingerprint density at radius 3 is 2.70 bits per heavy atom. The first-order valence-electron chi connectivity index (χ1n) is 10.2. The molecule has 2 aliphatic heterocycles. The van der Waals surface area contributed by atoms with Crippen molar-refractivity contribution >= 4 is 17.5 Å². The molecule has 158 valence electrons. The van der Waals surface area contributed by atoms with Crippen molar-refractivity contribution in [3.63, 3.8) is 0 Å². The number of carbonyl (C=O) groups is 2. The number of nitrogens with zero attached hydrogens (tertiary/aromatic N) is 2. The third-order valence-electron chi connectivity index (χ3n) is 5.72. The fourth-order valence-electron chi connectivity index (χ4n) is 3.87. The van der Waals surface area contributed by atoms with Crippen molar-refractivity contribution in [1.82, 2.24) is 10.2 Å². The molecule has 30 heavy (non-hydrogen) atoms. The van der Waals surface area contributed by atoms with E-state index in [1.165, 1.54) is 5.56 Å². The van der Waals surface area contributed by atoms with Gasteiger partial charge in [0.15, 0.2) is 11.5 Å². The molecule has 0 radical (unpaired) electrons. The molecule has 1 saturated heterocycles. The van der Waals surface area contributed by atoms with Crippen LogP contribution in [0.15, 0.2) is 48.5 Å². The largest absolute Gasteiger partial charge is 0.454 e. The molecule has 2 atom stereocenters. The van der Waals surface area contributed by atoms with Crippen LogP contribution >= 0.6 is 0 Å². The van der Waals surface area contributed by atoms with Crippen LogP contribution in [0.2, 0.25) is 0 Å². The molecule has 0 bridgehead atoms. The van der Waals surface area contributed by atoms with Crippen LogP contribution < -0.4 is 19.7 Å². The molecule has 7 nitrogen and oxygen atoms in total. The third kappa shape index (κ3) is 4.41. The van der Waals surface area contributed by atoms with Crippen molar-refractivity contribution in [3.8, 4) is 11.5 Å². The number of fused-ring (bicyclic) bond motifs is 1. The zero-order valence-corrected chi connectivity index (χ0v) is 17.3. The average molecular weight is 409 g/mol. The summed E-state index contributed by atoms with van der Waals surface area (Å²) in [5.74, 6) is 0.812. The van der Waals surface area contributed by atoms with Crippen LogP contribution in [0.3, 0.4) is 0 Å². The minimum absolute atomic E-state index is 0.0533. The van der Waals surface area contributed by atoms with E-state index in [0.717, 1.165) is 12.1 Å². The number of likely N-dealkylation sites (N-methyl/N-ethyl adjacent to an activating group) is 1. The fourth-order valence-corrected chi connectivity index (χ4v) is 3.87. The molecule has 1 fully saturated rings. The Bertz CT molecular complexity index is 916. The highest BCUT2D eigenvalue weighted by molar-refractivity contribution is 6.00. The number of benzene rings is 2. The summed E-state index contributed by atoms with van der Waals surface area (Å²) in [6.45, 7) is 1.10. The lowest BCUT2D eigenvalue weighted by atomic mass is 10.0. The lowest BCUT2D eigenvalue weighted by Crippen LogP contribution is -2.43. The highest BCUT2D eigenvalue weighted by atomic mass is 16.7. The van der Waals surface area contributed by atoms with Gasteiger partial charge < -0.3 is 24.6 Å². The van der Waals surface area contributed by atoms with Crippen molar-refractivity contribution in [2.24, 2.45) is 5.92 Å². The van der Waals surface area contributed by atoms with Gasteiger partial charge in [0.2, 0.25) is 18.6 Å². The number of carbonyl (C=O) groups excluding carboxylic acids is 2. The molecule has 0 spiro atoms. The van der Waals surface area contributed by atoms with Gasteiger partial charge in [0.25, 0.3) is 0 Å². The van der Waals surface area contributed by atoms with Crippen molar-refractivity contribution in [2.75, 3.05) is 38.9 Å². The first kappa shape index (κ1) is 20.2. The van der Waals surface area contributed by atoms with Gasteiger partial charge in [-0.1, -0.05) is 30.3 Å². The van der Waals surface area contributed by atoms with Crippen molar-refractivity contribution in [1.29, 1.82) is 0 Å². The van der Waals surface area contributed by atoms with Gasteiger partial charge >= 0.3 is 0 Å². The molecule has 0 aliphatic carbocycles. The van der Waals surface area contributed by atoms with Crippen molar-refractivity contribution < 1.29 is 19.1 Å². The summed E-state index contributed by atoms with van der Waals surface area (Å²) in [4.78, 5) is 29.1. The molecule has 4 rings (SSSR count). The molecule has 0 aromatic heterocycles. The second kappa shape index (κ2) is 8.75. The van der Waals surface area contributed by atoms with Crippen LogP contribution in [0.4, 0.5) is 5.69 Å². The van der Waals surface area contributed by atoms with E-state index in [4.69, 9.17) is 9.47 Å². The van der Waals surface area contributed by atoms with E-state index in [1.807, 2.05) is 38.4 Å². The third-order valence-corrected chi connectivity index (χ3v) is 5.72. The summed E-state index contributed by atoms with van der Waals surface area (Å²) in [7, 11) is 4.03. The van der Waals surface area contributed by atoms with E-state index in [0.29, 0.717) is 24.6 Å². The van der Waals surface area contributed by atoms with E-state index in [9.17, 15) is 9.59 Å². The number of amides is 2. The number of hydrogen-bond donors (Lipinski definition) is 1. The van der Waals surface area contributed by atoms with Crippen LogP contribution in [0.25, 0.3) is 0 Å². The molecular formula is C23H27N3O4. The summed E-state index contributed by atoms with van der Waals surface area (Å²) in [6.07, 6.45) is 1.06. The Kier molecular flexibility index (Phi) is 5.90. The number of anilines is 1. The van der Waals surface area contributed by atoms with Crippen molar-refractivity contribution in [3.05, 3.63) is 54.1 Å². The molecule has 2 aliphatic rings. The highest BCUT2D eigenvalue weighted by Gasteiger charge is 2.35. The van der Waals surface area contributed by atoms with E-state index in [1.54, 1.807) is 17.0 Å². The second-order valence-electron chi connectivity index (χ2n) is 8.00. The first-order chi connectivity index (χ1) is 14.5. The molecule has 2 amide bonds. The molecule has 2 aromatic carbocycles. The normalized spacial score (nSPS) is 18.7. The maximum absolute atomic E-state index is 12.8. The predicted molar refractivity (Wildman–Crippen MR) is 114 cm³/mol. The van der Waals surface area contributed by atoms with E-state index in [-0.39, 0.29) is 37.0 Å². The van der Waals surface area contributed by atoms with Crippen LogP contribution in [-0.2, 0) is 16.0 Å². The number of nitrogens with one attached hydrogen (secondary N) is 1. The van der Waals surface area contributed by atoms with E-state index in [2.05, 4.69) is 22.3 Å². The highest BCUT2D eigenvalue weighted by Crippen LogP contribution is 2.37. The summed E-state index contributed by atoms with van der Waals surface area (Å²) in [5.41, 5.74) is 1.96. The first-order valence-corrected chi connectivity index (χ1v) is 10.2. The van der Waals surface area contributed by atoms with Gasteiger partial charge in [-0.15, -0.1) is 0 Å². The molecule has 2 heterocycles. The SMILES string of the molecule is CN(C)[C@@H](CNC(=O)[C@H]1CC(=O)N(c2ccc3c(c2)OCO3)C1)Cc1ccccc1.